The van der Waals surface area contributed by atoms with Crippen molar-refractivity contribution in [2.45, 2.75) is 44.5 Å². The number of hydrogen-bond acceptors (Lipinski definition) is 2. The first-order valence-electron chi connectivity index (χ1n) is 6.08. The van der Waals surface area contributed by atoms with Gasteiger partial charge in [0.05, 0.1) is 17.7 Å². The molecule has 2 nitrogen and oxygen atoms in total. The third kappa shape index (κ3) is 4.61. The van der Waals surface area contributed by atoms with Crippen LogP contribution in [0.25, 0.3) is 0 Å². The quantitative estimate of drug-likeness (QED) is 0.811. The first-order chi connectivity index (χ1) is 8.79. The number of rotatable bonds is 5. The third-order valence-corrected chi connectivity index (χ3v) is 2.96. The van der Waals surface area contributed by atoms with Crippen LogP contribution in [0.5, 0.6) is 0 Å². The summed E-state index contributed by atoms with van der Waals surface area (Å²) in [5.74, 6) is -1.40. The molecule has 0 saturated heterocycles. The van der Waals surface area contributed by atoms with E-state index in [2.05, 4.69) is 0 Å². The molecule has 7 heteroatoms. The number of aliphatic hydroxyl groups excluding tert-OH is 1. The van der Waals surface area contributed by atoms with Crippen molar-refractivity contribution in [3.63, 3.8) is 0 Å². The van der Waals surface area contributed by atoms with Crippen molar-refractivity contribution in [2.75, 3.05) is 0 Å². The van der Waals surface area contributed by atoms with E-state index in [9.17, 15) is 22.7 Å². The molecule has 2 atom stereocenters. The summed E-state index contributed by atoms with van der Waals surface area (Å²) in [4.78, 5) is 0. The van der Waals surface area contributed by atoms with E-state index < -0.39 is 29.7 Å². The van der Waals surface area contributed by atoms with Gasteiger partial charge in [-0.2, -0.15) is 13.2 Å². The smallest absolute Gasteiger partial charge is 0.391 e. The lowest BCUT2D eigenvalue weighted by Gasteiger charge is -2.21. The molecule has 1 rings (SSSR count). The van der Waals surface area contributed by atoms with Crippen LogP contribution in [0.3, 0.4) is 0 Å². The third-order valence-electron chi connectivity index (χ3n) is 2.96. The molecule has 0 aliphatic heterocycles. The van der Waals surface area contributed by atoms with Gasteiger partial charge >= 0.3 is 6.18 Å². The fourth-order valence-electron chi connectivity index (χ4n) is 1.83. The molecule has 0 unspecified atom stereocenters. The van der Waals surface area contributed by atoms with E-state index in [1.165, 1.54) is 6.07 Å². The maximum Gasteiger partial charge on any atom is 0.419 e. The van der Waals surface area contributed by atoms with E-state index in [0.29, 0.717) is 18.9 Å². The highest BCUT2D eigenvalue weighted by atomic mass is 35.5. The second kappa shape index (κ2) is 7.81. The van der Waals surface area contributed by atoms with Crippen LogP contribution in [0.1, 0.15) is 43.4 Å². The fourth-order valence-corrected chi connectivity index (χ4v) is 1.83. The van der Waals surface area contributed by atoms with Crippen molar-refractivity contribution in [2.24, 2.45) is 5.73 Å². The molecule has 3 N–H and O–H groups in total. The molecule has 0 spiro atoms. The molecule has 0 bridgehead atoms. The number of benzene rings is 1. The normalized spacial score (nSPS) is 14.6. The van der Waals surface area contributed by atoms with Crippen molar-refractivity contribution in [1.29, 1.82) is 0 Å². The summed E-state index contributed by atoms with van der Waals surface area (Å²) < 4.78 is 51.4. The van der Waals surface area contributed by atoms with Crippen LogP contribution >= 0.6 is 12.4 Å². The van der Waals surface area contributed by atoms with Crippen LogP contribution in [0.4, 0.5) is 17.6 Å². The van der Waals surface area contributed by atoms with Crippen molar-refractivity contribution in [3.05, 3.63) is 35.1 Å². The molecule has 1 aromatic rings. The lowest BCUT2D eigenvalue weighted by Crippen LogP contribution is -2.28. The lowest BCUT2D eigenvalue weighted by atomic mass is 9.96. The summed E-state index contributed by atoms with van der Waals surface area (Å²) in [6.45, 7) is 1.91. The van der Waals surface area contributed by atoms with Crippen LogP contribution < -0.4 is 5.73 Å². The number of unbranched alkanes of at least 4 members (excludes halogenated alkanes) is 1. The van der Waals surface area contributed by atoms with Gasteiger partial charge in [-0.1, -0.05) is 31.9 Å². The number of alkyl halides is 3. The monoisotopic (exact) mass is 315 g/mol. The summed E-state index contributed by atoms with van der Waals surface area (Å²) in [6.07, 6.45) is -4.01. The summed E-state index contributed by atoms with van der Waals surface area (Å²) in [5, 5.41) is 9.75. The molecule has 0 fully saturated rings. The Hall–Kier alpha value is -0.850. The Kier molecular flexibility index (Phi) is 7.47. The molecular weight excluding hydrogens is 298 g/mol. The van der Waals surface area contributed by atoms with E-state index in [1.807, 2.05) is 6.92 Å². The number of hydrogen-bond donors (Lipinski definition) is 2. The zero-order chi connectivity index (χ0) is 14.6. The summed E-state index contributed by atoms with van der Waals surface area (Å²) in [5.41, 5.74) is 3.97. The Morgan fingerprint density at radius 3 is 2.40 bits per heavy atom. The molecule has 0 radical (unpaired) electrons. The van der Waals surface area contributed by atoms with Gasteiger partial charge in [0.1, 0.15) is 5.82 Å². The van der Waals surface area contributed by atoms with Crippen LogP contribution in [0.15, 0.2) is 18.2 Å². The standard InChI is InChI=1S/C13H17F4NO.ClH/c1-2-3-7-10(19)12(18)8-5-4-6-9(11(8)14)13(15,16)17;/h4-6,10,12,19H,2-3,7,18H2,1H3;1H/t10-,12+;/m0./s1. The molecule has 1 aromatic carbocycles. The minimum Gasteiger partial charge on any atom is -0.391 e. The van der Waals surface area contributed by atoms with Gasteiger partial charge in [-0.15, -0.1) is 12.4 Å². The number of aliphatic hydroxyl groups is 1. The van der Waals surface area contributed by atoms with E-state index in [-0.39, 0.29) is 18.0 Å². The Morgan fingerprint density at radius 1 is 1.30 bits per heavy atom. The Bertz CT molecular complexity index is 425. The molecule has 0 aromatic heterocycles. The minimum absolute atomic E-state index is 0. The second-order valence-electron chi connectivity index (χ2n) is 4.44. The maximum absolute atomic E-state index is 13.8. The fraction of sp³-hybridized carbons (Fsp3) is 0.538. The van der Waals surface area contributed by atoms with Gasteiger partial charge in [0.2, 0.25) is 0 Å². The van der Waals surface area contributed by atoms with Gasteiger partial charge < -0.3 is 10.8 Å². The molecule has 20 heavy (non-hydrogen) atoms. The van der Waals surface area contributed by atoms with Gasteiger partial charge in [-0.3, -0.25) is 0 Å². The molecule has 0 heterocycles. The SMILES string of the molecule is CCCC[C@H](O)[C@H](N)c1cccc(C(F)(F)F)c1F.Cl. The lowest BCUT2D eigenvalue weighted by molar-refractivity contribution is -0.140. The van der Waals surface area contributed by atoms with Crippen molar-refractivity contribution < 1.29 is 22.7 Å². The van der Waals surface area contributed by atoms with E-state index in [4.69, 9.17) is 5.73 Å². The number of halogens is 5. The topological polar surface area (TPSA) is 46.2 Å². The molecule has 0 saturated carbocycles. The number of nitrogens with two attached hydrogens (primary N) is 1. The van der Waals surface area contributed by atoms with Gasteiger partial charge in [-0.25, -0.2) is 4.39 Å². The molecule has 0 aliphatic carbocycles. The second-order valence-corrected chi connectivity index (χ2v) is 4.44. The van der Waals surface area contributed by atoms with Gasteiger partial charge in [0.25, 0.3) is 0 Å². The van der Waals surface area contributed by atoms with Crippen LogP contribution in [-0.2, 0) is 6.18 Å². The Labute approximate surface area is 121 Å². The van der Waals surface area contributed by atoms with Gasteiger partial charge in [0, 0.05) is 5.56 Å². The molecule has 0 aliphatic rings. The summed E-state index contributed by atoms with van der Waals surface area (Å²) in [7, 11) is 0. The highest BCUT2D eigenvalue weighted by Crippen LogP contribution is 2.34. The average Bonchev–Trinajstić information content (AvgIpc) is 2.34. The van der Waals surface area contributed by atoms with Crippen molar-refractivity contribution in [1.82, 2.24) is 0 Å². The molecule has 116 valence electrons. The Balaban J connectivity index is 0.00000361. The van der Waals surface area contributed by atoms with Crippen LogP contribution in [-0.4, -0.2) is 11.2 Å². The highest BCUT2D eigenvalue weighted by molar-refractivity contribution is 5.85. The van der Waals surface area contributed by atoms with E-state index in [0.717, 1.165) is 12.5 Å². The predicted molar refractivity (Wildman–Crippen MR) is 71.1 cm³/mol. The maximum atomic E-state index is 13.8. The molecular formula is C13H18ClF4NO. The van der Waals surface area contributed by atoms with E-state index >= 15 is 0 Å². The first kappa shape index (κ1) is 19.1. The predicted octanol–water partition coefficient (Wildman–Crippen LogP) is 3.82. The summed E-state index contributed by atoms with van der Waals surface area (Å²) in [6, 6.07) is 1.76. The van der Waals surface area contributed by atoms with Gasteiger partial charge in [0.15, 0.2) is 0 Å². The minimum atomic E-state index is -4.77. The van der Waals surface area contributed by atoms with E-state index in [1.54, 1.807) is 0 Å². The van der Waals surface area contributed by atoms with Crippen LogP contribution in [0.2, 0.25) is 0 Å². The molecule has 0 amide bonds. The van der Waals surface area contributed by atoms with Gasteiger partial charge in [-0.05, 0) is 12.5 Å². The van der Waals surface area contributed by atoms with Crippen molar-refractivity contribution in [3.8, 4) is 0 Å². The van der Waals surface area contributed by atoms with Crippen LogP contribution in [0, 0.1) is 5.82 Å². The Morgan fingerprint density at radius 2 is 1.90 bits per heavy atom. The first-order valence-corrected chi connectivity index (χ1v) is 6.08. The zero-order valence-corrected chi connectivity index (χ0v) is 11.8. The highest BCUT2D eigenvalue weighted by Gasteiger charge is 2.36. The van der Waals surface area contributed by atoms with Crippen molar-refractivity contribution >= 4 is 12.4 Å². The zero-order valence-electron chi connectivity index (χ0n) is 11.0. The average molecular weight is 316 g/mol. The summed E-state index contributed by atoms with van der Waals surface area (Å²) >= 11 is 0. The largest absolute Gasteiger partial charge is 0.419 e.